The van der Waals surface area contributed by atoms with E-state index in [0.29, 0.717) is 17.7 Å². The molecule has 0 saturated heterocycles. The fourth-order valence-corrected chi connectivity index (χ4v) is 2.12. The van der Waals surface area contributed by atoms with E-state index < -0.39 is 0 Å². The second-order valence-electron chi connectivity index (χ2n) is 4.70. The molecule has 1 heterocycles. The Kier molecular flexibility index (Phi) is 4.76. The molecule has 3 nitrogen and oxygen atoms in total. The average molecular weight is 289 g/mol. The summed E-state index contributed by atoms with van der Waals surface area (Å²) >= 11 is 4.92. The Morgan fingerprint density at radius 2 is 1.95 bits per heavy atom. The number of halogens is 1. The molecule has 0 bridgehead atoms. The van der Waals surface area contributed by atoms with Crippen LogP contribution in [0.5, 0.6) is 0 Å². The summed E-state index contributed by atoms with van der Waals surface area (Å²) in [5.41, 5.74) is 7.99. The molecule has 0 aliphatic carbocycles. The quantitative estimate of drug-likeness (QED) is 0.859. The van der Waals surface area contributed by atoms with Gasteiger partial charge in [0, 0.05) is 36.6 Å². The maximum Gasteiger partial charge on any atom is 0.127 e. The maximum atomic E-state index is 13.8. The Morgan fingerprint density at radius 1 is 1.25 bits per heavy atom. The minimum atomic E-state index is -0.244. The summed E-state index contributed by atoms with van der Waals surface area (Å²) in [6.45, 7) is 1.21. The van der Waals surface area contributed by atoms with Crippen molar-refractivity contribution in [2.75, 3.05) is 7.05 Å². The standard InChI is InChI=1S/C15H16FN3S/c1-19(9-11-4-6-18-7-5-11)10-13-8-12(15(17)20)2-3-14(13)16/h2-8H,9-10H2,1H3,(H2,17,20). The van der Waals surface area contributed by atoms with Crippen LogP contribution in [0.1, 0.15) is 16.7 Å². The molecule has 0 atom stereocenters. The summed E-state index contributed by atoms with van der Waals surface area (Å²) in [5.74, 6) is -0.244. The summed E-state index contributed by atoms with van der Waals surface area (Å²) in [4.78, 5) is 6.28. The number of nitrogens with two attached hydrogens (primary N) is 1. The molecule has 2 N–H and O–H groups in total. The van der Waals surface area contributed by atoms with Crippen molar-refractivity contribution in [1.29, 1.82) is 0 Å². The molecule has 2 aromatic rings. The number of nitrogens with zero attached hydrogens (tertiary/aromatic N) is 2. The zero-order valence-corrected chi connectivity index (χ0v) is 12.0. The summed E-state index contributed by atoms with van der Waals surface area (Å²) in [6.07, 6.45) is 3.49. The third-order valence-corrected chi connectivity index (χ3v) is 3.21. The lowest BCUT2D eigenvalue weighted by Gasteiger charge is -2.17. The number of pyridine rings is 1. The fraction of sp³-hybridized carbons (Fsp3) is 0.200. The second-order valence-corrected chi connectivity index (χ2v) is 5.14. The molecule has 0 aliphatic heterocycles. The van der Waals surface area contributed by atoms with Crippen molar-refractivity contribution < 1.29 is 4.39 Å². The molecular formula is C15H16FN3S. The predicted molar refractivity (Wildman–Crippen MR) is 81.7 cm³/mol. The van der Waals surface area contributed by atoms with Crippen LogP contribution in [0.4, 0.5) is 4.39 Å². The van der Waals surface area contributed by atoms with E-state index in [4.69, 9.17) is 18.0 Å². The van der Waals surface area contributed by atoms with Crippen LogP contribution in [0, 0.1) is 5.82 Å². The van der Waals surface area contributed by atoms with E-state index in [-0.39, 0.29) is 10.8 Å². The minimum Gasteiger partial charge on any atom is -0.389 e. The van der Waals surface area contributed by atoms with E-state index in [1.165, 1.54) is 6.07 Å². The molecule has 5 heteroatoms. The van der Waals surface area contributed by atoms with Crippen LogP contribution in [0.3, 0.4) is 0 Å². The highest BCUT2D eigenvalue weighted by atomic mass is 32.1. The lowest BCUT2D eigenvalue weighted by Crippen LogP contribution is -2.19. The molecule has 0 unspecified atom stereocenters. The van der Waals surface area contributed by atoms with Gasteiger partial charge in [-0.05, 0) is 42.9 Å². The van der Waals surface area contributed by atoms with E-state index in [9.17, 15) is 4.39 Å². The molecule has 0 fully saturated rings. The number of hydrogen-bond donors (Lipinski definition) is 1. The number of hydrogen-bond acceptors (Lipinski definition) is 3. The highest BCUT2D eigenvalue weighted by Crippen LogP contribution is 2.14. The monoisotopic (exact) mass is 289 g/mol. The Labute approximate surface area is 123 Å². The SMILES string of the molecule is CN(Cc1ccncc1)Cc1cc(C(N)=S)ccc1F. The van der Waals surface area contributed by atoms with Crippen molar-refractivity contribution >= 4 is 17.2 Å². The van der Waals surface area contributed by atoms with Crippen molar-refractivity contribution in [2.45, 2.75) is 13.1 Å². The summed E-state index contributed by atoms with van der Waals surface area (Å²) in [7, 11) is 1.94. The van der Waals surface area contributed by atoms with E-state index in [1.54, 1.807) is 24.5 Å². The van der Waals surface area contributed by atoms with E-state index in [0.717, 1.165) is 12.1 Å². The van der Waals surface area contributed by atoms with Crippen LogP contribution in [0.2, 0.25) is 0 Å². The summed E-state index contributed by atoms with van der Waals surface area (Å²) in [5, 5.41) is 0. The number of thiocarbonyl (C=S) groups is 1. The Bertz CT molecular complexity index is 601. The molecule has 20 heavy (non-hydrogen) atoms. The fourth-order valence-electron chi connectivity index (χ4n) is 2.00. The topological polar surface area (TPSA) is 42.2 Å². The van der Waals surface area contributed by atoms with Crippen LogP contribution in [-0.2, 0) is 13.1 Å². The summed E-state index contributed by atoms with van der Waals surface area (Å²) in [6, 6.07) is 8.60. The van der Waals surface area contributed by atoms with Crippen molar-refractivity contribution in [3.05, 3.63) is 65.2 Å². The third-order valence-electron chi connectivity index (χ3n) is 2.97. The average Bonchev–Trinajstić information content (AvgIpc) is 2.42. The first-order chi connectivity index (χ1) is 9.56. The van der Waals surface area contributed by atoms with Gasteiger partial charge in [0.2, 0.25) is 0 Å². The molecule has 1 aromatic carbocycles. The van der Waals surface area contributed by atoms with Crippen molar-refractivity contribution in [3.63, 3.8) is 0 Å². The first kappa shape index (κ1) is 14.6. The highest BCUT2D eigenvalue weighted by molar-refractivity contribution is 7.80. The Morgan fingerprint density at radius 3 is 2.60 bits per heavy atom. The molecule has 1 aromatic heterocycles. The zero-order chi connectivity index (χ0) is 14.5. The van der Waals surface area contributed by atoms with Gasteiger partial charge in [-0.15, -0.1) is 0 Å². The lowest BCUT2D eigenvalue weighted by atomic mass is 10.1. The molecule has 2 rings (SSSR count). The van der Waals surface area contributed by atoms with Gasteiger partial charge in [-0.25, -0.2) is 4.39 Å². The van der Waals surface area contributed by atoms with E-state index >= 15 is 0 Å². The van der Waals surface area contributed by atoms with Gasteiger partial charge >= 0.3 is 0 Å². The zero-order valence-electron chi connectivity index (χ0n) is 11.2. The molecule has 0 radical (unpaired) electrons. The van der Waals surface area contributed by atoms with Crippen molar-refractivity contribution in [1.82, 2.24) is 9.88 Å². The first-order valence-corrected chi connectivity index (χ1v) is 6.63. The Balaban J connectivity index is 2.09. The van der Waals surface area contributed by atoms with E-state index in [1.807, 2.05) is 24.1 Å². The van der Waals surface area contributed by atoms with Crippen LogP contribution in [0.15, 0.2) is 42.7 Å². The largest absolute Gasteiger partial charge is 0.389 e. The third kappa shape index (κ3) is 3.82. The van der Waals surface area contributed by atoms with Crippen LogP contribution < -0.4 is 5.73 Å². The van der Waals surface area contributed by atoms with Gasteiger partial charge in [0.1, 0.15) is 10.8 Å². The highest BCUT2D eigenvalue weighted by Gasteiger charge is 2.08. The van der Waals surface area contributed by atoms with Crippen LogP contribution in [-0.4, -0.2) is 21.9 Å². The summed E-state index contributed by atoms with van der Waals surface area (Å²) < 4.78 is 13.8. The number of benzene rings is 1. The van der Waals surface area contributed by atoms with Gasteiger partial charge in [0.25, 0.3) is 0 Å². The maximum absolute atomic E-state index is 13.8. The van der Waals surface area contributed by atoms with Crippen molar-refractivity contribution in [3.8, 4) is 0 Å². The molecular weight excluding hydrogens is 273 g/mol. The van der Waals surface area contributed by atoms with E-state index in [2.05, 4.69) is 4.98 Å². The van der Waals surface area contributed by atoms with Gasteiger partial charge in [0.15, 0.2) is 0 Å². The Hall–Kier alpha value is -1.85. The second kappa shape index (κ2) is 6.54. The number of aromatic nitrogens is 1. The van der Waals surface area contributed by atoms with Gasteiger partial charge in [-0.1, -0.05) is 12.2 Å². The van der Waals surface area contributed by atoms with Crippen LogP contribution in [0.25, 0.3) is 0 Å². The van der Waals surface area contributed by atoms with Gasteiger partial charge < -0.3 is 5.73 Å². The minimum absolute atomic E-state index is 0.244. The molecule has 0 aliphatic rings. The van der Waals surface area contributed by atoms with Crippen LogP contribution >= 0.6 is 12.2 Å². The smallest absolute Gasteiger partial charge is 0.127 e. The van der Waals surface area contributed by atoms with Gasteiger partial charge in [0.05, 0.1) is 0 Å². The molecule has 0 saturated carbocycles. The predicted octanol–water partition coefficient (Wildman–Crippen LogP) is 2.49. The lowest BCUT2D eigenvalue weighted by molar-refractivity contribution is 0.313. The number of rotatable bonds is 5. The molecule has 104 valence electrons. The van der Waals surface area contributed by atoms with Gasteiger partial charge in [-0.3, -0.25) is 9.88 Å². The van der Waals surface area contributed by atoms with Crippen molar-refractivity contribution in [2.24, 2.45) is 5.73 Å². The normalized spacial score (nSPS) is 10.8. The van der Waals surface area contributed by atoms with Gasteiger partial charge in [-0.2, -0.15) is 0 Å². The molecule has 0 amide bonds. The first-order valence-electron chi connectivity index (χ1n) is 6.22. The molecule has 0 spiro atoms.